The lowest BCUT2D eigenvalue weighted by molar-refractivity contribution is -0.123. The molecular weight excluding hydrogens is 234 g/mol. The molecule has 0 aromatic carbocycles. The fourth-order valence-corrected chi connectivity index (χ4v) is 2.77. The molecule has 1 saturated heterocycles. The monoisotopic (exact) mass is 259 g/mol. The van der Waals surface area contributed by atoms with Crippen molar-refractivity contribution in [3.8, 4) is 0 Å². The van der Waals surface area contributed by atoms with E-state index < -0.39 is 0 Å². The van der Waals surface area contributed by atoms with E-state index in [4.69, 9.17) is 5.73 Å². The standard InChI is InChI=1S/C12H25N3OS/c1-3-10(2)11(13)12(16)14-4-5-15-6-8-17-9-7-15/h10-11H,3-9,13H2,1-2H3,(H,14,16)/t10-,11-/m0/s1. The van der Waals surface area contributed by atoms with Gasteiger partial charge in [-0.15, -0.1) is 0 Å². The fourth-order valence-electron chi connectivity index (χ4n) is 1.79. The lowest BCUT2D eigenvalue weighted by Crippen LogP contribution is -2.47. The van der Waals surface area contributed by atoms with Crippen LogP contribution in [0, 0.1) is 5.92 Å². The average molecular weight is 259 g/mol. The number of carbonyl (C=O) groups excluding carboxylic acids is 1. The van der Waals surface area contributed by atoms with Crippen LogP contribution in [0.4, 0.5) is 0 Å². The first kappa shape index (κ1) is 14.8. The molecule has 17 heavy (non-hydrogen) atoms. The maximum Gasteiger partial charge on any atom is 0.237 e. The fraction of sp³-hybridized carbons (Fsp3) is 0.917. The average Bonchev–Trinajstić information content (AvgIpc) is 2.38. The van der Waals surface area contributed by atoms with Gasteiger partial charge in [0.25, 0.3) is 0 Å². The Morgan fingerprint density at radius 2 is 2.12 bits per heavy atom. The third kappa shape index (κ3) is 5.27. The highest BCUT2D eigenvalue weighted by Gasteiger charge is 2.19. The summed E-state index contributed by atoms with van der Waals surface area (Å²) in [7, 11) is 0. The Morgan fingerprint density at radius 3 is 2.71 bits per heavy atom. The summed E-state index contributed by atoms with van der Waals surface area (Å²) in [4.78, 5) is 14.1. The van der Waals surface area contributed by atoms with Gasteiger partial charge in [-0.2, -0.15) is 11.8 Å². The van der Waals surface area contributed by atoms with Crippen LogP contribution >= 0.6 is 11.8 Å². The molecule has 0 saturated carbocycles. The summed E-state index contributed by atoms with van der Waals surface area (Å²) < 4.78 is 0. The number of nitrogens with two attached hydrogens (primary N) is 1. The van der Waals surface area contributed by atoms with Crippen molar-refractivity contribution >= 4 is 17.7 Å². The van der Waals surface area contributed by atoms with Crippen LogP contribution in [0.15, 0.2) is 0 Å². The molecule has 5 heteroatoms. The van der Waals surface area contributed by atoms with Crippen LogP contribution < -0.4 is 11.1 Å². The lowest BCUT2D eigenvalue weighted by atomic mass is 9.99. The van der Waals surface area contributed by atoms with Crippen molar-refractivity contribution in [2.75, 3.05) is 37.7 Å². The largest absolute Gasteiger partial charge is 0.353 e. The van der Waals surface area contributed by atoms with Gasteiger partial charge in [-0.25, -0.2) is 0 Å². The van der Waals surface area contributed by atoms with Crippen molar-refractivity contribution in [1.82, 2.24) is 10.2 Å². The minimum absolute atomic E-state index is 0.00858. The molecule has 3 N–H and O–H groups in total. The molecule has 0 aromatic heterocycles. The first-order chi connectivity index (χ1) is 8.15. The SMILES string of the molecule is CC[C@H](C)[C@H](N)C(=O)NCCN1CCSCC1. The van der Waals surface area contributed by atoms with E-state index in [1.165, 1.54) is 11.5 Å². The number of hydrogen-bond acceptors (Lipinski definition) is 4. The molecule has 0 radical (unpaired) electrons. The highest BCUT2D eigenvalue weighted by atomic mass is 32.2. The van der Waals surface area contributed by atoms with Gasteiger partial charge in [0.2, 0.25) is 5.91 Å². The summed E-state index contributed by atoms with van der Waals surface area (Å²) in [6.45, 7) is 8.01. The molecule has 100 valence electrons. The molecule has 1 heterocycles. The second kappa shape index (κ2) is 7.95. The van der Waals surface area contributed by atoms with Gasteiger partial charge in [0, 0.05) is 37.7 Å². The summed E-state index contributed by atoms with van der Waals surface area (Å²) >= 11 is 2.00. The number of amides is 1. The molecule has 0 aliphatic carbocycles. The van der Waals surface area contributed by atoms with Crippen LogP contribution in [0.2, 0.25) is 0 Å². The van der Waals surface area contributed by atoms with Crippen LogP contribution in [-0.4, -0.2) is 54.5 Å². The number of hydrogen-bond donors (Lipinski definition) is 2. The summed E-state index contributed by atoms with van der Waals surface area (Å²) in [5.74, 6) is 2.66. The molecule has 0 unspecified atom stereocenters. The van der Waals surface area contributed by atoms with Crippen LogP contribution in [0.3, 0.4) is 0 Å². The van der Waals surface area contributed by atoms with Gasteiger partial charge in [-0.1, -0.05) is 20.3 Å². The van der Waals surface area contributed by atoms with E-state index in [2.05, 4.69) is 17.1 Å². The van der Waals surface area contributed by atoms with Crippen molar-refractivity contribution in [1.29, 1.82) is 0 Å². The number of carbonyl (C=O) groups is 1. The Labute approximate surface area is 109 Å². The van der Waals surface area contributed by atoms with E-state index in [0.717, 1.165) is 26.1 Å². The minimum atomic E-state index is -0.364. The van der Waals surface area contributed by atoms with E-state index >= 15 is 0 Å². The van der Waals surface area contributed by atoms with Gasteiger partial charge >= 0.3 is 0 Å². The molecule has 0 aromatic rings. The van der Waals surface area contributed by atoms with E-state index in [0.29, 0.717) is 6.54 Å². The third-order valence-corrected chi connectivity index (χ3v) is 4.33. The predicted molar refractivity (Wildman–Crippen MR) is 74.2 cm³/mol. The van der Waals surface area contributed by atoms with Gasteiger partial charge in [0.05, 0.1) is 6.04 Å². The zero-order valence-electron chi connectivity index (χ0n) is 10.9. The van der Waals surface area contributed by atoms with Gasteiger partial charge < -0.3 is 11.1 Å². The van der Waals surface area contributed by atoms with Crippen molar-refractivity contribution in [2.45, 2.75) is 26.3 Å². The van der Waals surface area contributed by atoms with Crippen LogP contribution in [0.1, 0.15) is 20.3 Å². The zero-order valence-corrected chi connectivity index (χ0v) is 11.8. The zero-order chi connectivity index (χ0) is 12.7. The number of nitrogens with zero attached hydrogens (tertiary/aromatic N) is 1. The highest BCUT2D eigenvalue weighted by molar-refractivity contribution is 7.99. The summed E-state index contributed by atoms with van der Waals surface area (Å²) in [5, 5.41) is 2.93. The summed E-state index contributed by atoms with van der Waals surface area (Å²) in [6, 6.07) is -0.364. The molecule has 1 rings (SSSR count). The van der Waals surface area contributed by atoms with E-state index in [1.54, 1.807) is 0 Å². The van der Waals surface area contributed by atoms with E-state index in [9.17, 15) is 4.79 Å². The van der Waals surface area contributed by atoms with Crippen molar-refractivity contribution < 1.29 is 4.79 Å². The Balaban J connectivity index is 2.14. The van der Waals surface area contributed by atoms with E-state index in [1.807, 2.05) is 18.7 Å². The van der Waals surface area contributed by atoms with Crippen molar-refractivity contribution in [3.63, 3.8) is 0 Å². The molecule has 1 aliphatic rings. The summed E-state index contributed by atoms with van der Waals surface area (Å²) in [5.41, 5.74) is 5.86. The van der Waals surface area contributed by atoms with E-state index in [-0.39, 0.29) is 17.9 Å². The maximum atomic E-state index is 11.7. The first-order valence-corrected chi connectivity index (χ1v) is 7.64. The van der Waals surface area contributed by atoms with Gasteiger partial charge in [0.15, 0.2) is 0 Å². The molecule has 1 fully saturated rings. The van der Waals surface area contributed by atoms with Crippen LogP contribution in [0.25, 0.3) is 0 Å². The maximum absolute atomic E-state index is 11.7. The first-order valence-electron chi connectivity index (χ1n) is 6.48. The third-order valence-electron chi connectivity index (χ3n) is 3.39. The lowest BCUT2D eigenvalue weighted by Gasteiger charge is -2.26. The molecule has 1 aliphatic heterocycles. The highest BCUT2D eigenvalue weighted by Crippen LogP contribution is 2.08. The second-order valence-electron chi connectivity index (χ2n) is 4.66. The summed E-state index contributed by atoms with van der Waals surface area (Å²) in [6.07, 6.45) is 0.942. The van der Waals surface area contributed by atoms with Crippen LogP contribution in [0.5, 0.6) is 0 Å². The normalized spacial score (nSPS) is 20.9. The Hall–Kier alpha value is -0.260. The molecule has 0 bridgehead atoms. The second-order valence-corrected chi connectivity index (χ2v) is 5.88. The van der Waals surface area contributed by atoms with Gasteiger partial charge in [0.1, 0.15) is 0 Å². The topological polar surface area (TPSA) is 58.4 Å². The smallest absolute Gasteiger partial charge is 0.237 e. The molecular formula is C12H25N3OS. The Kier molecular flexibility index (Phi) is 6.92. The molecule has 2 atom stereocenters. The van der Waals surface area contributed by atoms with Gasteiger partial charge in [-0.3, -0.25) is 9.69 Å². The number of nitrogens with one attached hydrogen (secondary N) is 1. The predicted octanol–water partition coefficient (Wildman–Crippen LogP) is 0.525. The van der Waals surface area contributed by atoms with Crippen LogP contribution in [-0.2, 0) is 4.79 Å². The van der Waals surface area contributed by atoms with Gasteiger partial charge in [-0.05, 0) is 5.92 Å². The van der Waals surface area contributed by atoms with Crippen molar-refractivity contribution in [3.05, 3.63) is 0 Å². The molecule has 1 amide bonds. The van der Waals surface area contributed by atoms with Crippen molar-refractivity contribution in [2.24, 2.45) is 11.7 Å². The number of rotatable bonds is 6. The Morgan fingerprint density at radius 1 is 1.47 bits per heavy atom. The number of thioether (sulfide) groups is 1. The Bertz CT molecular complexity index is 232. The quantitative estimate of drug-likeness (QED) is 0.730. The molecule has 0 spiro atoms. The molecule has 4 nitrogen and oxygen atoms in total. The minimum Gasteiger partial charge on any atom is -0.353 e.